The molecule has 0 aromatic heterocycles. The summed E-state index contributed by atoms with van der Waals surface area (Å²) in [6.07, 6.45) is 1.56. The molecular weight excluding hydrogens is 441 g/mol. The predicted octanol–water partition coefficient (Wildman–Crippen LogP) is 3.36. The number of rotatable bonds is 3. The number of benzene rings is 2. The average Bonchev–Trinajstić information content (AvgIpc) is 2.53. The largest absolute Gasteiger partial charge is 0.379 e. The molecule has 0 bridgehead atoms. The fourth-order valence-corrected chi connectivity index (χ4v) is 4.24. The molecular formula is C17H16INO4S. The highest BCUT2D eigenvalue weighted by Gasteiger charge is 2.24. The van der Waals surface area contributed by atoms with Crippen LogP contribution in [0.2, 0.25) is 0 Å². The fourth-order valence-electron chi connectivity index (χ4n) is 2.75. The van der Waals surface area contributed by atoms with Crippen LogP contribution in [-0.2, 0) is 21.3 Å². The Morgan fingerprint density at radius 1 is 1.21 bits per heavy atom. The Hall–Kier alpha value is -1.61. The van der Waals surface area contributed by atoms with Crippen LogP contribution in [0.25, 0.3) is 0 Å². The van der Waals surface area contributed by atoms with Crippen LogP contribution >= 0.6 is 22.6 Å². The van der Waals surface area contributed by atoms with Crippen molar-refractivity contribution in [3.63, 3.8) is 0 Å². The van der Waals surface area contributed by atoms with Crippen LogP contribution < -0.4 is 9.08 Å². The van der Waals surface area contributed by atoms with Crippen molar-refractivity contribution in [1.29, 1.82) is 0 Å². The molecule has 0 saturated carbocycles. The fraction of sp³-hybridized carbons (Fsp3) is 0.235. The monoisotopic (exact) mass is 457 g/mol. The van der Waals surface area contributed by atoms with E-state index in [0.29, 0.717) is 6.54 Å². The standard InChI is InChI=1S/C17H16INO4S/c1-12(20)19-9-3-4-13-10-16(7-8-17(13)19)24(21,22)23-15-6-2-5-14(18)11-15/h2,5-8,10-11H,3-4,9H2,1H3. The van der Waals surface area contributed by atoms with Crippen LogP contribution in [0.1, 0.15) is 18.9 Å². The van der Waals surface area contributed by atoms with Gasteiger partial charge in [-0.1, -0.05) is 6.07 Å². The van der Waals surface area contributed by atoms with E-state index in [-0.39, 0.29) is 16.6 Å². The summed E-state index contributed by atoms with van der Waals surface area (Å²) in [6.45, 7) is 2.17. The molecule has 2 aromatic carbocycles. The summed E-state index contributed by atoms with van der Waals surface area (Å²) >= 11 is 2.10. The molecule has 0 N–H and O–H groups in total. The van der Waals surface area contributed by atoms with Gasteiger partial charge in [0, 0.05) is 22.7 Å². The van der Waals surface area contributed by atoms with Crippen molar-refractivity contribution in [3.8, 4) is 5.75 Å². The van der Waals surface area contributed by atoms with Gasteiger partial charge in [-0.3, -0.25) is 4.79 Å². The first-order chi connectivity index (χ1) is 11.4. The van der Waals surface area contributed by atoms with Gasteiger partial charge in [-0.05, 0) is 77.4 Å². The minimum atomic E-state index is -3.91. The van der Waals surface area contributed by atoms with Gasteiger partial charge >= 0.3 is 10.1 Å². The molecule has 24 heavy (non-hydrogen) atoms. The zero-order valence-electron chi connectivity index (χ0n) is 13.0. The molecule has 126 valence electrons. The molecule has 1 aliphatic rings. The first-order valence-corrected chi connectivity index (χ1v) is 9.96. The van der Waals surface area contributed by atoms with Crippen molar-refractivity contribution in [2.75, 3.05) is 11.4 Å². The van der Waals surface area contributed by atoms with Crippen LogP contribution in [0.3, 0.4) is 0 Å². The Kier molecular flexibility index (Phi) is 4.82. The maximum atomic E-state index is 12.5. The molecule has 0 radical (unpaired) electrons. The van der Waals surface area contributed by atoms with Crippen molar-refractivity contribution >= 4 is 44.3 Å². The quantitative estimate of drug-likeness (QED) is 0.524. The van der Waals surface area contributed by atoms with Crippen LogP contribution in [0.5, 0.6) is 5.75 Å². The first-order valence-electron chi connectivity index (χ1n) is 7.48. The Balaban J connectivity index is 1.93. The number of amides is 1. The highest BCUT2D eigenvalue weighted by Crippen LogP contribution is 2.30. The third kappa shape index (κ3) is 3.56. The summed E-state index contributed by atoms with van der Waals surface area (Å²) in [7, 11) is -3.91. The molecule has 0 unspecified atom stereocenters. The first kappa shape index (κ1) is 17.2. The number of carbonyl (C=O) groups is 1. The van der Waals surface area contributed by atoms with E-state index < -0.39 is 10.1 Å². The smallest absolute Gasteiger partial charge is 0.339 e. The van der Waals surface area contributed by atoms with Crippen molar-refractivity contribution < 1.29 is 17.4 Å². The lowest BCUT2D eigenvalue weighted by atomic mass is 10.0. The van der Waals surface area contributed by atoms with Crippen molar-refractivity contribution in [2.45, 2.75) is 24.7 Å². The van der Waals surface area contributed by atoms with Crippen LogP contribution in [0.15, 0.2) is 47.4 Å². The Morgan fingerprint density at radius 2 is 2.00 bits per heavy atom. The normalized spacial score (nSPS) is 14.2. The van der Waals surface area contributed by atoms with E-state index in [1.807, 2.05) is 6.07 Å². The number of nitrogens with zero attached hydrogens (tertiary/aromatic N) is 1. The zero-order chi connectivity index (χ0) is 17.3. The maximum absolute atomic E-state index is 12.5. The second-order valence-corrected chi connectivity index (χ2v) is 8.35. The SMILES string of the molecule is CC(=O)N1CCCc2cc(S(=O)(=O)Oc3cccc(I)c3)ccc21. The molecule has 7 heteroatoms. The van der Waals surface area contributed by atoms with Gasteiger partial charge in [0.05, 0.1) is 0 Å². The average molecular weight is 457 g/mol. The van der Waals surface area contributed by atoms with E-state index in [9.17, 15) is 13.2 Å². The summed E-state index contributed by atoms with van der Waals surface area (Å²) in [5.41, 5.74) is 1.63. The van der Waals surface area contributed by atoms with E-state index in [2.05, 4.69) is 22.6 Å². The van der Waals surface area contributed by atoms with E-state index in [4.69, 9.17) is 4.18 Å². The van der Waals surface area contributed by atoms with Gasteiger partial charge in [-0.15, -0.1) is 0 Å². The van der Waals surface area contributed by atoms with Crippen molar-refractivity contribution in [3.05, 3.63) is 51.6 Å². The van der Waals surface area contributed by atoms with Gasteiger partial charge in [0.1, 0.15) is 10.6 Å². The molecule has 0 fully saturated rings. The van der Waals surface area contributed by atoms with Gasteiger partial charge in [-0.2, -0.15) is 8.42 Å². The molecule has 0 spiro atoms. The third-order valence-electron chi connectivity index (χ3n) is 3.84. The van der Waals surface area contributed by atoms with E-state index in [1.54, 1.807) is 35.2 Å². The van der Waals surface area contributed by atoms with Gasteiger partial charge in [0.25, 0.3) is 0 Å². The molecule has 5 nitrogen and oxygen atoms in total. The molecule has 0 atom stereocenters. The number of fused-ring (bicyclic) bond motifs is 1. The highest BCUT2D eigenvalue weighted by molar-refractivity contribution is 14.1. The van der Waals surface area contributed by atoms with E-state index in [0.717, 1.165) is 27.7 Å². The third-order valence-corrected chi connectivity index (χ3v) is 5.75. The minimum absolute atomic E-state index is 0.0401. The molecule has 1 amide bonds. The predicted molar refractivity (Wildman–Crippen MR) is 99.8 cm³/mol. The second kappa shape index (κ2) is 6.72. The lowest BCUT2D eigenvalue weighted by Gasteiger charge is -2.28. The molecule has 3 rings (SSSR count). The molecule has 2 aromatic rings. The number of aryl methyl sites for hydroxylation is 1. The molecule has 0 aliphatic carbocycles. The Morgan fingerprint density at radius 3 is 2.71 bits per heavy atom. The number of hydrogen-bond donors (Lipinski definition) is 0. The summed E-state index contributed by atoms with van der Waals surface area (Å²) < 4.78 is 31.1. The summed E-state index contributed by atoms with van der Waals surface area (Å²) in [5.74, 6) is 0.242. The number of anilines is 1. The van der Waals surface area contributed by atoms with Crippen LogP contribution in [0.4, 0.5) is 5.69 Å². The van der Waals surface area contributed by atoms with Gasteiger partial charge in [-0.25, -0.2) is 0 Å². The van der Waals surface area contributed by atoms with E-state index in [1.165, 1.54) is 13.0 Å². The molecule has 1 aliphatic heterocycles. The van der Waals surface area contributed by atoms with Crippen LogP contribution in [-0.4, -0.2) is 20.9 Å². The molecule has 1 heterocycles. The second-order valence-electron chi connectivity index (χ2n) is 5.56. The number of halogens is 1. The van der Waals surface area contributed by atoms with E-state index >= 15 is 0 Å². The Labute approximate surface area is 154 Å². The minimum Gasteiger partial charge on any atom is -0.379 e. The zero-order valence-corrected chi connectivity index (χ0v) is 16.0. The highest BCUT2D eigenvalue weighted by atomic mass is 127. The Bertz CT molecular complexity index is 895. The van der Waals surface area contributed by atoms with Gasteiger partial charge < -0.3 is 9.08 Å². The topological polar surface area (TPSA) is 63.7 Å². The van der Waals surface area contributed by atoms with Gasteiger partial charge in [0.2, 0.25) is 5.91 Å². The van der Waals surface area contributed by atoms with Gasteiger partial charge in [0.15, 0.2) is 0 Å². The lowest BCUT2D eigenvalue weighted by Crippen LogP contribution is -2.33. The van der Waals surface area contributed by atoms with Crippen molar-refractivity contribution in [1.82, 2.24) is 0 Å². The summed E-state index contributed by atoms with van der Waals surface area (Å²) in [6, 6.07) is 11.6. The summed E-state index contributed by atoms with van der Waals surface area (Å²) in [4.78, 5) is 13.5. The molecule has 0 saturated heterocycles. The van der Waals surface area contributed by atoms with Crippen molar-refractivity contribution in [2.24, 2.45) is 0 Å². The number of hydrogen-bond acceptors (Lipinski definition) is 4. The summed E-state index contributed by atoms with van der Waals surface area (Å²) in [5, 5.41) is 0. The lowest BCUT2D eigenvalue weighted by molar-refractivity contribution is -0.116. The van der Waals surface area contributed by atoms with Crippen LogP contribution in [0, 0.1) is 3.57 Å². The number of carbonyl (C=O) groups excluding carboxylic acids is 1. The maximum Gasteiger partial charge on any atom is 0.339 e.